The summed E-state index contributed by atoms with van der Waals surface area (Å²) in [4.78, 5) is 18.8. The number of amides is 1. The van der Waals surface area contributed by atoms with Crippen molar-refractivity contribution in [2.45, 2.75) is 6.10 Å². The van der Waals surface area contributed by atoms with E-state index in [1.807, 2.05) is 18.2 Å². The molecule has 27 heavy (non-hydrogen) atoms. The Balaban J connectivity index is 1.39. The van der Waals surface area contributed by atoms with Crippen molar-refractivity contribution in [1.29, 1.82) is 0 Å². The second-order valence-corrected chi connectivity index (χ2v) is 6.95. The summed E-state index contributed by atoms with van der Waals surface area (Å²) >= 11 is 0. The third-order valence-corrected chi connectivity index (χ3v) is 5.34. The van der Waals surface area contributed by atoms with Gasteiger partial charge >= 0.3 is 0 Å². The Labute approximate surface area is 157 Å². The highest BCUT2D eigenvalue weighted by molar-refractivity contribution is 5.94. The summed E-state index contributed by atoms with van der Waals surface area (Å²) in [7, 11) is 1.40. The predicted octanol–water partition coefficient (Wildman–Crippen LogP) is 2.43. The zero-order valence-electron chi connectivity index (χ0n) is 15.1. The molecule has 0 radical (unpaired) electrons. The third kappa shape index (κ3) is 3.60. The number of carbonyl (C=O) groups is 1. The molecule has 0 aliphatic carbocycles. The molecule has 2 aliphatic heterocycles. The number of anilines is 1. The van der Waals surface area contributed by atoms with E-state index in [4.69, 9.17) is 9.47 Å². The number of hydrogen-bond donors (Lipinski definition) is 1. The van der Waals surface area contributed by atoms with E-state index in [0.717, 1.165) is 12.4 Å². The Morgan fingerprint density at radius 2 is 2.26 bits per heavy atom. The van der Waals surface area contributed by atoms with Gasteiger partial charge in [-0.25, -0.2) is 9.37 Å². The second-order valence-electron chi connectivity index (χ2n) is 6.95. The van der Waals surface area contributed by atoms with Crippen LogP contribution in [0.4, 0.5) is 10.2 Å². The van der Waals surface area contributed by atoms with Gasteiger partial charge in [-0.3, -0.25) is 4.79 Å². The molecule has 4 rings (SSSR count). The fourth-order valence-electron chi connectivity index (χ4n) is 3.86. The molecule has 0 spiro atoms. The molecule has 2 saturated heterocycles. The molecule has 1 N–H and O–H groups in total. The van der Waals surface area contributed by atoms with Crippen LogP contribution in [0.1, 0.15) is 10.4 Å². The minimum atomic E-state index is -0.531. The molecule has 0 bridgehead atoms. The van der Waals surface area contributed by atoms with E-state index in [0.29, 0.717) is 31.2 Å². The lowest BCUT2D eigenvalue weighted by Crippen LogP contribution is -2.32. The van der Waals surface area contributed by atoms with Gasteiger partial charge in [0.1, 0.15) is 5.82 Å². The van der Waals surface area contributed by atoms with Crippen LogP contribution in [0.5, 0.6) is 5.75 Å². The van der Waals surface area contributed by atoms with E-state index in [2.05, 4.69) is 10.3 Å². The number of pyridine rings is 1. The number of ether oxygens (including phenoxy) is 2. The van der Waals surface area contributed by atoms with E-state index >= 15 is 0 Å². The number of fused-ring (bicyclic) bond motifs is 1. The number of rotatable bonds is 5. The summed E-state index contributed by atoms with van der Waals surface area (Å²) in [5, 5.41) is 3.34. The monoisotopic (exact) mass is 371 g/mol. The van der Waals surface area contributed by atoms with Gasteiger partial charge in [0, 0.05) is 43.2 Å². The maximum atomic E-state index is 13.9. The van der Waals surface area contributed by atoms with Crippen molar-refractivity contribution in [3.8, 4) is 5.75 Å². The molecule has 0 saturated carbocycles. The summed E-state index contributed by atoms with van der Waals surface area (Å²) in [5.74, 6) is 0.840. The van der Waals surface area contributed by atoms with Crippen LogP contribution >= 0.6 is 0 Å². The molecule has 7 heteroatoms. The lowest BCUT2D eigenvalue weighted by molar-refractivity contribution is 0.0680. The number of benzene rings is 1. The largest absolute Gasteiger partial charge is 0.494 e. The standard InChI is InChI=1S/C20H22FN3O3/c1-26-17-6-5-13(8-16(17)21)20(25)24-10-15-14(12-27-18(15)11-24)9-23-19-4-2-3-7-22-19/h2-8,14-15,18H,9-12H2,1H3,(H,22,23)/t14-,15+,18+/m0/s1. The molecule has 2 aromatic rings. The molecule has 6 nitrogen and oxygen atoms in total. The summed E-state index contributed by atoms with van der Waals surface area (Å²) in [6.07, 6.45) is 1.79. The molecule has 2 aliphatic rings. The molecular formula is C20H22FN3O3. The fourth-order valence-corrected chi connectivity index (χ4v) is 3.86. The van der Waals surface area contributed by atoms with E-state index < -0.39 is 5.82 Å². The molecule has 142 valence electrons. The number of halogens is 1. The van der Waals surface area contributed by atoms with Crippen LogP contribution in [0.2, 0.25) is 0 Å². The molecule has 1 amide bonds. The summed E-state index contributed by atoms with van der Waals surface area (Å²) in [6.45, 7) is 2.58. The van der Waals surface area contributed by atoms with E-state index in [1.54, 1.807) is 17.2 Å². The summed E-state index contributed by atoms with van der Waals surface area (Å²) in [6, 6.07) is 10.1. The third-order valence-electron chi connectivity index (χ3n) is 5.34. The van der Waals surface area contributed by atoms with Gasteiger partial charge in [0.15, 0.2) is 11.6 Å². The van der Waals surface area contributed by atoms with Crippen LogP contribution in [0, 0.1) is 17.7 Å². The maximum absolute atomic E-state index is 13.9. The van der Waals surface area contributed by atoms with Gasteiger partial charge in [0.25, 0.3) is 5.91 Å². The van der Waals surface area contributed by atoms with Crippen LogP contribution in [0.15, 0.2) is 42.6 Å². The smallest absolute Gasteiger partial charge is 0.254 e. The van der Waals surface area contributed by atoms with Crippen molar-refractivity contribution in [3.63, 3.8) is 0 Å². The van der Waals surface area contributed by atoms with Gasteiger partial charge in [0.2, 0.25) is 0 Å². The van der Waals surface area contributed by atoms with Crippen molar-refractivity contribution in [2.24, 2.45) is 11.8 Å². The first kappa shape index (κ1) is 17.7. The zero-order chi connectivity index (χ0) is 18.8. The van der Waals surface area contributed by atoms with Crippen LogP contribution in [-0.4, -0.2) is 55.2 Å². The van der Waals surface area contributed by atoms with E-state index in [9.17, 15) is 9.18 Å². The number of nitrogens with one attached hydrogen (secondary N) is 1. The minimum absolute atomic E-state index is 0.0348. The first-order valence-corrected chi connectivity index (χ1v) is 9.05. The van der Waals surface area contributed by atoms with Crippen molar-refractivity contribution in [2.75, 3.05) is 38.7 Å². The van der Waals surface area contributed by atoms with Gasteiger partial charge < -0.3 is 19.7 Å². The highest BCUT2D eigenvalue weighted by Gasteiger charge is 2.45. The summed E-state index contributed by atoms with van der Waals surface area (Å²) < 4.78 is 24.7. The Morgan fingerprint density at radius 1 is 1.37 bits per heavy atom. The molecule has 3 heterocycles. The first-order chi connectivity index (χ1) is 13.2. The number of nitrogens with zero attached hydrogens (tertiary/aromatic N) is 2. The Bertz CT molecular complexity index is 817. The van der Waals surface area contributed by atoms with Crippen LogP contribution in [0.25, 0.3) is 0 Å². The van der Waals surface area contributed by atoms with Gasteiger partial charge in [-0.15, -0.1) is 0 Å². The SMILES string of the molecule is COc1ccc(C(=O)N2C[C@@H]3[C@@H](CNc4ccccn4)CO[C@@H]3C2)cc1F. The number of hydrogen-bond acceptors (Lipinski definition) is 5. The lowest BCUT2D eigenvalue weighted by Gasteiger charge is -2.20. The topological polar surface area (TPSA) is 63.7 Å². The first-order valence-electron chi connectivity index (χ1n) is 9.05. The van der Waals surface area contributed by atoms with E-state index in [-0.39, 0.29) is 23.7 Å². The Morgan fingerprint density at radius 3 is 3.00 bits per heavy atom. The number of likely N-dealkylation sites (tertiary alicyclic amines) is 1. The molecule has 2 fully saturated rings. The van der Waals surface area contributed by atoms with Gasteiger partial charge in [0.05, 0.1) is 19.8 Å². The second kappa shape index (κ2) is 7.52. The van der Waals surface area contributed by atoms with Gasteiger partial charge in [-0.05, 0) is 30.3 Å². The predicted molar refractivity (Wildman–Crippen MR) is 98.3 cm³/mol. The van der Waals surface area contributed by atoms with Crippen molar-refractivity contribution in [3.05, 3.63) is 54.0 Å². The molecule has 3 atom stereocenters. The molecular weight excluding hydrogens is 349 g/mol. The van der Waals surface area contributed by atoms with Crippen molar-refractivity contribution < 1.29 is 18.7 Å². The minimum Gasteiger partial charge on any atom is -0.494 e. The Kier molecular flexibility index (Phi) is 4.94. The highest BCUT2D eigenvalue weighted by Crippen LogP contribution is 2.34. The summed E-state index contributed by atoms with van der Waals surface area (Å²) in [5.41, 5.74) is 0.330. The molecule has 0 unspecified atom stereocenters. The number of methoxy groups -OCH3 is 1. The quantitative estimate of drug-likeness (QED) is 0.875. The molecule has 1 aromatic heterocycles. The highest BCUT2D eigenvalue weighted by atomic mass is 19.1. The van der Waals surface area contributed by atoms with E-state index in [1.165, 1.54) is 19.2 Å². The zero-order valence-corrected chi connectivity index (χ0v) is 15.1. The average Bonchev–Trinajstić information content (AvgIpc) is 3.27. The lowest BCUT2D eigenvalue weighted by atomic mass is 9.93. The van der Waals surface area contributed by atoms with Crippen LogP contribution in [0.3, 0.4) is 0 Å². The van der Waals surface area contributed by atoms with Crippen LogP contribution < -0.4 is 10.1 Å². The maximum Gasteiger partial charge on any atom is 0.254 e. The molecule has 1 aromatic carbocycles. The van der Waals surface area contributed by atoms with Crippen molar-refractivity contribution in [1.82, 2.24) is 9.88 Å². The number of carbonyl (C=O) groups excluding carboxylic acids is 1. The fraction of sp³-hybridized carbons (Fsp3) is 0.400. The van der Waals surface area contributed by atoms with Gasteiger partial charge in [-0.1, -0.05) is 6.07 Å². The Hall–Kier alpha value is -2.67. The van der Waals surface area contributed by atoms with Crippen LogP contribution in [-0.2, 0) is 4.74 Å². The average molecular weight is 371 g/mol. The van der Waals surface area contributed by atoms with Crippen molar-refractivity contribution >= 4 is 11.7 Å². The van der Waals surface area contributed by atoms with Gasteiger partial charge in [-0.2, -0.15) is 0 Å². The number of aromatic nitrogens is 1. The normalized spacial score (nSPS) is 23.9.